The molecule has 0 bridgehead atoms. The zero-order chi connectivity index (χ0) is 11.1. The second-order valence-electron chi connectivity index (χ2n) is 3.94. The highest BCUT2D eigenvalue weighted by molar-refractivity contribution is 6.08. The van der Waals surface area contributed by atoms with Crippen molar-refractivity contribution in [2.75, 3.05) is 5.73 Å². The number of fused-ring (bicyclic) bond motifs is 3. The molecular weight excluding hydrogens is 198 g/mol. The van der Waals surface area contributed by atoms with Gasteiger partial charge in [0.05, 0.1) is 11.2 Å². The molecule has 0 saturated heterocycles. The van der Waals surface area contributed by atoms with E-state index in [9.17, 15) is 0 Å². The van der Waals surface area contributed by atoms with E-state index in [0.29, 0.717) is 5.82 Å². The predicted octanol–water partition coefficient (Wildman–Crippen LogP) is 2.86. The Labute approximate surface area is 93.3 Å². The minimum atomic E-state index is 0.580. The van der Waals surface area contributed by atoms with E-state index < -0.39 is 0 Å². The van der Waals surface area contributed by atoms with Gasteiger partial charge in [-0.1, -0.05) is 25.1 Å². The zero-order valence-electron chi connectivity index (χ0n) is 9.12. The van der Waals surface area contributed by atoms with Crippen LogP contribution in [0.25, 0.3) is 21.8 Å². The van der Waals surface area contributed by atoms with E-state index in [-0.39, 0.29) is 0 Å². The summed E-state index contributed by atoms with van der Waals surface area (Å²) in [5, 5.41) is 2.43. The smallest absolute Gasteiger partial charge is 0.125 e. The van der Waals surface area contributed by atoms with Crippen molar-refractivity contribution in [1.82, 2.24) is 9.97 Å². The number of para-hydroxylation sites is 1. The predicted molar refractivity (Wildman–Crippen MR) is 67.4 cm³/mol. The first-order valence-electron chi connectivity index (χ1n) is 5.45. The van der Waals surface area contributed by atoms with Gasteiger partial charge in [-0.05, 0) is 12.5 Å². The summed E-state index contributed by atoms with van der Waals surface area (Å²) in [6.07, 6.45) is 0.892. The van der Waals surface area contributed by atoms with Crippen molar-refractivity contribution in [3.63, 3.8) is 0 Å². The summed E-state index contributed by atoms with van der Waals surface area (Å²) < 4.78 is 0. The van der Waals surface area contributed by atoms with Crippen molar-refractivity contribution in [1.29, 1.82) is 0 Å². The number of aryl methyl sites for hydroxylation is 1. The van der Waals surface area contributed by atoms with Crippen LogP contribution in [0, 0.1) is 0 Å². The van der Waals surface area contributed by atoms with E-state index in [4.69, 9.17) is 5.73 Å². The molecule has 0 aliphatic carbocycles. The Morgan fingerprint density at radius 3 is 2.88 bits per heavy atom. The topological polar surface area (TPSA) is 54.7 Å². The van der Waals surface area contributed by atoms with Crippen LogP contribution < -0.4 is 5.73 Å². The second kappa shape index (κ2) is 3.23. The number of nitrogen functional groups attached to an aromatic ring is 1. The van der Waals surface area contributed by atoms with Crippen molar-refractivity contribution in [3.05, 3.63) is 36.0 Å². The molecule has 0 radical (unpaired) electrons. The Bertz CT molecular complexity index is 667. The molecule has 0 atom stereocenters. The Kier molecular flexibility index (Phi) is 1.86. The van der Waals surface area contributed by atoms with Gasteiger partial charge in [-0.25, -0.2) is 4.98 Å². The molecule has 2 aromatic heterocycles. The Morgan fingerprint density at radius 2 is 2.06 bits per heavy atom. The standard InChI is InChI=1S/C13H13N3/c1-2-9-13-8-5-3-4-6-10(8)15-11(13)7-12(14)16-9/h3-7,15H,2H2,1H3,(H2,14,16). The summed E-state index contributed by atoms with van der Waals surface area (Å²) in [5.74, 6) is 0.580. The molecule has 80 valence electrons. The number of aromatic nitrogens is 2. The molecule has 1 aromatic carbocycles. The largest absolute Gasteiger partial charge is 0.384 e. The number of H-pyrrole nitrogens is 1. The summed E-state index contributed by atoms with van der Waals surface area (Å²) in [4.78, 5) is 7.77. The molecule has 3 heteroatoms. The molecule has 3 rings (SSSR count). The quantitative estimate of drug-likeness (QED) is 0.650. The number of anilines is 1. The van der Waals surface area contributed by atoms with Gasteiger partial charge in [0.25, 0.3) is 0 Å². The van der Waals surface area contributed by atoms with Crippen LogP contribution >= 0.6 is 0 Å². The average Bonchev–Trinajstić information content (AvgIpc) is 2.65. The fourth-order valence-corrected chi connectivity index (χ4v) is 2.23. The molecule has 16 heavy (non-hydrogen) atoms. The van der Waals surface area contributed by atoms with Crippen molar-refractivity contribution < 1.29 is 0 Å². The normalized spacial score (nSPS) is 11.3. The van der Waals surface area contributed by atoms with Crippen LogP contribution in [0.15, 0.2) is 30.3 Å². The van der Waals surface area contributed by atoms with E-state index in [1.807, 2.05) is 18.2 Å². The van der Waals surface area contributed by atoms with Crippen molar-refractivity contribution in [2.45, 2.75) is 13.3 Å². The number of nitrogens with zero attached hydrogens (tertiary/aromatic N) is 1. The molecular formula is C13H13N3. The minimum Gasteiger partial charge on any atom is -0.384 e. The lowest BCUT2D eigenvalue weighted by molar-refractivity contribution is 1.06. The average molecular weight is 211 g/mol. The molecule has 0 unspecified atom stereocenters. The van der Waals surface area contributed by atoms with E-state index in [1.54, 1.807) is 0 Å². The Balaban J connectivity index is 2.55. The number of hydrogen-bond donors (Lipinski definition) is 2. The monoisotopic (exact) mass is 211 g/mol. The van der Waals surface area contributed by atoms with Gasteiger partial charge in [0.1, 0.15) is 5.82 Å². The van der Waals surface area contributed by atoms with Crippen LogP contribution in [0.3, 0.4) is 0 Å². The lowest BCUT2D eigenvalue weighted by atomic mass is 10.1. The molecule has 0 fully saturated rings. The van der Waals surface area contributed by atoms with Gasteiger partial charge < -0.3 is 10.7 Å². The Morgan fingerprint density at radius 1 is 1.25 bits per heavy atom. The maximum absolute atomic E-state index is 5.79. The third-order valence-corrected chi connectivity index (χ3v) is 2.91. The highest BCUT2D eigenvalue weighted by Crippen LogP contribution is 2.28. The molecule has 0 saturated carbocycles. The number of hydrogen-bond acceptors (Lipinski definition) is 2. The molecule has 3 nitrogen and oxygen atoms in total. The highest BCUT2D eigenvalue weighted by Gasteiger charge is 2.09. The first-order chi connectivity index (χ1) is 7.79. The third kappa shape index (κ3) is 1.18. The van der Waals surface area contributed by atoms with Gasteiger partial charge in [-0.2, -0.15) is 0 Å². The van der Waals surface area contributed by atoms with E-state index in [2.05, 4.69) is 29.0 Å². The van der Waals surface area contributed by atoms with Gasteiger partial charge in [0, 0.05) is 22.4 Å². The Hall–Kier alpha value is -2.03. The van der Waals surface area contributed by atoms with Crippen LogP contribution in [0.1, 0.15) is 12.6 Å². The number of nitrogens with one attached hydrogen (secondary N) is 1. The SMILES string of the molecule is CCc1nc(N)cc2[nH]c3ccccc3c12. The molecule has 3 N–H and O–H groups in total. The first-order valence-corrected chi connectivity index (χ1v) is 5.45. The van der Waals surface area contributed by atoms with Gasteiger partial charge in [0.15, 0.2) is 0 Å². The molecule has 0 aliphatic heterocycles. The molecule has 0 aliphatic rings. The summed E-state index contributed by atoms with van der Waals surface area (Å²) in [6.45, 7) is 2.10. The van der Waals surface area contributed by atoms with E-state index >= 15 is 0 Å². The van der Waals surface area contributed by atoms with Crippen LogP contribution in [0.5, 0.6) is 0 Å². The second-order valence-corrected chi connectivity index (χ2v) is 3.94. The van der Waals surface area contributed by atoms with Crippen molar-refractivity contribution in [3.8, 4) is 0 Å². The van der Waals surface area contributed by atoms with E-state index in [0.717, 1.165) is 23.1 Å². The number of benzene rings is 1. The lowest BCUT2D eigenvalue weighted by Crippen LogP contribution is -1.95. The van der Waals surface area contributed by atoms with Gasteiger partial charge in [-0.3, -0.25) is 0 Å². The lowest BCUT2D eigenvalue weighted by Gasteiger charge is -2.01. The van der Waals surface area contributed by atoms with Crippen LogP contribution in [0.4, 0.5) is 5.82 Å². The molecule has 3 aromatic rings. The van der Waals surface area contributed by atoms with E-state index in [1.165, 1.54) is 10.8 Å². The van der Waals surface area contributed by atoms with Crippen LogP contribution in [-0.2, 0) is 6.42 Å². The van der Waals surface area contributed by atoms with Crippen molar-refractivity contribution in [2.24, 2.45) is 0 Å². The highest BCUT2D eigenvalue weighted by atomic mass is 14.9. The maximum Gasteiger partial charge on any atom is 0.125 e. The maximum atomic E-state index is 5.79. The summed E-state index contributed by atoms with van der Waals surface area (Å²) in [6, 6.07) is 10.2. The number of pyridine rings is 1. The number of rotatable bonds is 1. The third-order valence-electron chi connectivity index (χ3n) is 2.91. The summed E-state index contributed by atoms with van der Waals surface area (Å²) >= 11 is 0. The molecule has 2 heterocycles. The van der Waals surface area contributed by atoms with Gasteiger partial charge in [0.2, 0.25) is 0 Å². The molecule has 0 spiro atoms. The van der Waals surface area contributed by atoms with Gasteiger partial charge >= 0.3 is 0 Å². The molecule has 0 amide bonds. The summed E-state index contributed by atoms with van der Waals surface area (Å²) in [5.41, 5.74) is 9.07. The summed E-state index contributed by atoms with van der Waals surface area (Å²) in [7, 11) is 0. The fourth-order valence-electron chi connectivity index (χ4n) is 2.23. The van der Waals surface area contributed by atoms with Crippen molar-refractivity contribution >= 4 is 27.6 Å². The first kappa shape index (κ1) is 9.21. The van der Waals surface area contributed by atoms with Gasteiger partial charge in [-0.15, -0.1) is 0 Å². The van der Waals surface area contributed by atoms with Crippen LogP contribution in [0.2, 0.25) is 0 Å². The zero-order valence-corrected chi connectivity index (χ0v) is 9.12. The number of nitrogens with two attached hydrogens (primary N) is 1. The number of aromatic amines is 1. The fraction of sp³-hybridized carbons (Fsp3) is 0.154. The minimum absolute atomic E-state index is 0.580. The van der Waals surface area contributed by atoms with Crippen LogP contribution in [-0.4, -0.2) is 9.97 Å².